The minimum Gasteiger partial charge on any atom is -0.303 e. The highest BCUT2D eigenvalue weighted by Crippen LogP contribution is 2.53. The highest BCUT2D eigenvalue weighted by atomic mass is 16.1. The molecule has 0 aromatic heterocycles. The van der Waals surface area contributed by atoms with Crippen molar-refractivity contribution in [1.29, 1.82) is 0 Å². The summed E-state index contributed by atoms with van der Waals surface area (Å²) in [6, 6.07) is 0. The summed E-state index contributed by atoms with van der Waals surface area (Å²) in [5.41, 5.74) is 7.86. The second-order valence-electron chi connectivity index (χ2n) is 10.8. The summed E-state index contributed by atoms with van der Waals surface area (Å²) in [7, 11) is 0. The van der Waals surface area contributed by atoms with E-state index >= 15 is 0 Å². The summed E-state index contributed by atoms with van der Waals surface area (Å²) in [6.45, 7) is 18.4. The highest BCUT2D eigenvalue weighted by molar-refractivity contribution is 5.49. The Kier molecular flexibility index (Phi) is 12.4. The van der Waals surface area contributed by atoms with E-state index in [-0.39, 0.29) is 0 Å². The number of hydrogen-bond acceptors (Lipinski definition) is 1. The van der Waals surface area contributed by atoms with Crippen molar-refractivity contribution in [1.82, 2.24) is 0 Å². The fourth-order valence-electron chi connectivity index (χ4n) is 5.34. The summed E-state index contributed by atoms with van der Waals surface area (Å²) in [6.07, 6.45) is 19.6. The van der Waals surface area contributed by atoms with E-state index in [1.165, 1.54) is 54.4 Å². The molecule has 0 bridgehead atoms. The zero-order valence-electron chi connectivity index (χ0n) is 21.9. The zero-order valence-corrected chi connectivity index (χ0v) is 21.9. The van der Waals surface area contributed by atoms with Gasteiger partial charge in [0.1, 0.15) is 6.29 Å². The van der Waals surface area contributed by atoms with Crippen molar-refractivity contribution < 1.29 is 4.79 Å². The molecule has 0 aromatic rings. The van der Waals surface area contributed by atoms with Crippen LogP contribution in [0.4, 0.5) is 0 Å². The molecule has 1 aliphatic rings. The van der Waals surface area contributed by atoms with Gasteiger partial charge in [-0.25, -0.2) is 0 Å². The first-order chi connectivity index (χ1) is 14.6. The molecule has 1 nitrogen and oxygen atoms in total. The van der Waals surface area contributed by atoms with Gasteiger partial charge in [0.25, 0.3) is 0 Å². The lowest BCUT2D eigenvalue weighted by Gasteiger charge is -2.49. The van der Waals surface area contributed by atoms with E-state index in [0.29, 0.717) is 23.7 Å². The van der Waals surface area contributed by atoms with E-state index in [4.69, 9.17) is 0 Å². The van der Waals surface area contributed by atoms with Crippen LogP contribution in [0.2, 0.25) is 0 Å². The molecule has 3 unspecified atom stereocenters. The molecule has 1 saturated carbocycles. The maximum absolute atomic E-state index is 11.1. The van der Waals surface area contributed by atoms with E-state index in [0.717, 1.165) is 32.0 Å². The number of rotatable bonds is 12. The number of allylic oxidation sites excluding steroid dienone is 8. The van der Waals surface area contributed by atoms with Crippen molar-refractivity contribution in [3.63, 3.8) is 0 Å². The van der Waals surface area contributed by atoms with Crippen molar-refractivity contribution in [2.45, 2.75) is 120 Å². The third kappa shape index (κ3) is 9.34. The van der Waals surface area contributed by atoms with Gasteiger partial charge >= 0.3 is 0 Å². The normalized spacial score (nSPS) is 24.8. The molecule has 0 radical (unpaired) electrons. The topological polar surface area (TPSA) is 17.1 Å². The quantitative estimate of drug-likeness (QED) is 0.224. The first kappa shape index (κ1) is 27.7. The van der Waals surface area contributed by atoms with Gasteiger partial charge in [0.05, 0.1) is 0 Å². The Bertz CT molecular complexity index is 679. The molecule has 176 valence electrons. The fraction of sp³-hybridized carbons (Fsp3) is 0.700. The predicted octanol–water partition coefficient (Wildman–Crippen LogP) is 9.55. The van der Waals surface area contributed by atoms with Crippen LogP contribution in [0.5, 0.6) is 0 Å². The second kappa shape index (κ2) is 13.9. The van der Waals surface area contributed by atoms with Gasteiger partial charge in [-0.1, -0.05) is 59.9 Å². The molecule has 0 saturated heterocycles. The van der Waals surface area contributed by atoms with Gasteiger partial charge in [0.2, 0.25) is 0 Å². The van der Waals surface area contributed by atoms with Crippen LogP contribution in [-0.2, 0) is 4.79 Å². The Morgan fingerprint density at radius 1 is 0.903 bits per heavy atom. The summed E-state index contributed by atoms with van der Waals surface area (Å²) < 4.78 is 0. The van der Waals surface area contributed by atoms with E-state index in [1.54, 1.807) is 5.57 Å². The van der Waals surface area contributed by atoms with Crippen molar-refractivity contribution in [2.24, 2.45) is 17.3 Å². The molecule has 0 amide bonds. The third-order valence-electron chi connectivity index (χ3n) is 7.70. The Labute approximate surface area is 194 Å². The van der Waals surface area contributed by atoms with Crippen molar-refractivity contribution in [2.75, 3.05) is 0 Å². The van der Waals surface area contributed by atoms with Crippen molar-refractivity contribution in [3.8, 4) is 0 Å². The minimum atomic E-state index is 0.298. The van der Waals surface area contributed by atoms with Crippen LogP contribution in [0.3, 0.4) is 0 Å². The molecule has 0 aliphatic heterocycles. The molecular formula is C30H50O. The number of carbonyl (C=O) groups excluding carboxylic acids is 1. The largest absolute Gasteiger partial charge is 0.303 e. The van der Waals surface area contributed by atoms with Crippen LogP contribution in [0, 0.1) is 17.3 Å². The molecule has 0 spiro atoms. The lowest BCUT2D eigenvalue weighted by Crippen LogP contribution is -2.39. The maximum Gasteiger partial charge on any atom is 0.120 e. The molecule has 0 aromatic carbocycles. The van der Waals surface area contributed by atoms with Gasteiger partial charge in [-0.2, -0.15) is 0 Å². The molecule has 31 heavy (non-hydrogen) atoms. The average molecular weight is 427 g/mol. The molecular weight excluding hydrogens is 376 g/mol. The summed E-state index contributed by atoms with van der Waals surface area (Å²) >= 11 is 0. The first-order valence-corrected chi connectivity index (χ1v) is 12.7. The Hall–Kier alpha value is -1.37. The van der Waals surface area contributed by atoms with Crippen LogP contribution in [0.15, 0.2) is 46.1 Å². The van der Waals surface area contributed by atoms with E-state index in [2.05, 4.69) is 73.6 Å². The fourth-order valence-corrected chi connectivity index (χ4v) is 5.34. The smallest absolute Gasteiger partial charge is 0.120 e. The zero-order chi connectivity index (χ0) is 23.4. The molecule has 1 fully saturated rings. The molecule has 1 rings (SSSR count). The average Bonchev–Trinajstić information content (AvgIpc) is 2.68. The van der Waals surface area contributed by atoms with E-state index < -0.39 is 0 Å². The molecule has 0 N–H and O–H groups in total. The lowest BCUT2D eigenvalue weighted by molar-refractivity contribution is -0.108. The number of hydrogen-bond donors (Lipinski definition) is 0. The van der Waals surface area contributed by atoms with Gasteiger partial charge < -0.3 is 4.79 Å². The van der Waals surface area contributed by atoms with Gasteiger partial charge in [0.15, 0.2) is 0 Å². The van der Waals surface area contributed by atoms with Crippen LogP contribution < -0.4 is 0 Å². The molecule has 0 heterocycles. The highest BCUT2D eigenvalue weighted by Gasteiger charge is 2.43. The maximum atomic E-state index is 11.1. The van der Waals surface area contributed by atoms with E-state index in [1.807, 2.05) is 0 Å². The Morgan fingerprint density at radius 3 is 2.03 bits per heavy atom. The van der Waals surface area contributed by atoms with Crippen LogP contribution in [-0.4, -0.2) is 6.29 Å². The molecule has 1 heteroatoms. The summed E-state index contributed by atoms with van der Waals surface area (Å²) in [5.74, 6) is 1.28. The van der Waals surface area contributed by atoms with Crippen LogP contribution >= 0.6 is 0 Å². The van der Waals surface area contributed by atoms with Gasteiger partial charge in [-0.15, -0.1) is 0 Å². The Balaban J connectivity index is 2.68. The standard InChI is InChI=1S/C30H50O/c1-23(2)13-9-14-25(5)15-10-16-26(6)17-11-21-30(8)27(7)19-20-28(24(3)4)29(30)18-12-22-31/h13,15,17,22,27,29H,9-12,14,16,18-21H2,1-8H3/b25-15+,26-17+. The SMILES string of the molecule is CC(C)=CCC/C(C)=C/CC/C(C)=C/CCC1(C)C(C)CCC(=C(C)C)C1CCC=O. The van der Waals surface area contributed by atoms with Crippen molar-refractivity contribution in [3.05, 3.63) is 46.1 Å². The summed E-state index contributed by atoms with van der Waals surface area (Å²) in [5, 5.41) is 0. The number of aldehydes is 1. The summed E-state index contributed by atoms with van der Waals surface area (Å²) in [4.78, 5) is 11.1. The second-order valence-corrected chi connectivity index (χ2v) is 10.8. The van der Waals surface area contributed by atoms with Gasteiger partial charge in [-0.3, -0.25) is 0 Å². The number of carbonyl (C=O) groups is 1. The lowest BCUT2D eigenvalue weighted by atomic mass is 9.56. The Morgan fingerprint density at radius 2 is 1.48 bits per heavy atom. The van der Waals surface area contributed by atoms with Gasteiger partial charge in [-0.05, 0) is 117 Å². The monoisotopic (exact) mass is 426 g/mol. The van der Waals surface area contributed by atoms with E-state index in [9.17, 15) is 4.79 Å². The van der Waals surface area contributed by atoms with Gasteiger partial charge in [0, 0.05) is 6.42 Å². The predicted molar refractivity (Wildman–Crippen MR) is 138 cm³/mol. The molecule has 1 aliphatic carbocycles. The van der Waals surface area contributed by atoms with Crippen molar-refractivity contribution >= 4 is 6.29 Å². The van der Waals surface area contributed by atoms with Crippen LogP contribution in [0.1, 0.15) is 120 Å². The first-order valence-electron chi connectivity index (χ1n) is 12.7. The molecule has 3 atom stereocenters. The third-order valence-corrected chi connectivity index (χ3v) is 7.70. The van der Waals surface area contributed by atoms with Crippen LogP contribution in [0.25, 0.3) is 0 Å². The minimum absolute atomic E-state index is 0.298.